The molecule has 1 aliphatic heterocycles. The molecule has 0 amide bonds. The van der Waals surface area contributed by atoms with E-state index in [4.69, 9.17) is 0 Å². The molecule has 0 saturated heterocycles. The summed E-state index contributed by atoms with van der Waals surface area (Å²) in [7, 11) is 3.89. The highest BCUT2D eigenvalue weighted by atomic mass is 33.1. The van der Waals surface area contributed by atoms with E-state index in [1.807, 2.05) is 33.3 Å². The maximum Gasteiger partial charge on any atom is 0.0567 e. The molecule has 0 spiro atoms. The second kappa shape index (κ2) is 7.08. The third kappa shape index (κ3) is 3.32. The highest BCUT2D eigenvalue weighted by Gasteiger charge is 2.30. The topological polar surface area (TPSA) is 0 Å². The highest BCUT2D eigenvalue weighted by molar-refractivity contribution is 8.76. The number of fused-ring (bicyclic) bond motifs is 1. The summed E-state index contributed by atoms with van der Waals surface area (Å²) in [4.78, 5) is 2.76. The molecule has 4 rings (SSSR count). The molecule has 0 bridgehead atoms. The maximum atomic E-state index is 2.26. The lowest BCUT2D eigenvalue weighted by molar-refractivity contribution is 0.910. The van der Waals surface area contributed by atoms with E-state index in [0.29, 0.717) is 10.5 Å². The van der Waals surface area contributed by atoms with E-state index in [0.717, 1.165) is 0 Å². The second-order valence-electron chi connectivity index (χ2n) is 5.41. The fraction of sp³-hybridized carbons (Fsp3) is 0.100. The summed E-state index contributed by atoms with van der Waals surface area (Å²) in [5.41, 5.74) is 2.80. The van der Waals surface area contributed by atoms with Crippen molar-refractivity contribution in [1.29, 1.82) is 0 Å². The Kier molecular flexibility index (Phi) is 4.69. The van der Waals surface area contributed by atoms with Crippen molar-refractivity contribution in [3.8, 4) is 0 Å². The van der Waals surface area contributed by atoms with Crippen LogP contribution in [0, 0.1) is 0 Å². The van der Waals surface area contributed by atoms with Crippen LogP contribution in [0.15, 0.2) is 94.7 Å². The van der Waals surface area contributed by atoms with Gasteiger partial charge in [0, 0.05) is 9.79 Å². The van der Waals surface area contributed by atoms with E-state index in [1.54, 1.807) is 0 Å². The van der Waals surface area contributed by atoms with Crippen molar-refractivity contribution in [3.05, 3.63) is 96.1 Å². The van der Waals surface area contributed by atoms with Crippen LogP contribution in [0.5, 0.6) is 0 Å². The lowest BCUT2D eigenvalue weighted by Crippen LogP contribution is -2.03. The van der Waals surface area contributed by atoms with Gasteiger partial charge in [0.2, 0.25) is 0 Å². The van der Waals surface area contributed by atoms with Crippen LogP contribution in [-0.4, -0.2) is 0 Å². The van der Waals surface area contributed by atoms with Crippen molar-refractivity contribution in [2.45, 2.75) is 20.3 Å². The largest absolute Gasteiger partial charge is 0.115 e. The third-order valence-corrected chi connectivity index (χ3v) is 8.42. The first-order chi connectivity index (χ1) is 11.4. The minimum absolute atomic E-state index is 0.416. The molecule has 1 heterocycles. The Labute approximate surface area is 149 Å². The van der Waals surface area contributed by atoms with Crippen LogP contribution < -0.4 is 0 Å². The van der Waals surface area contributed by atoms with E-state index in [1.165, 1.54) is 20.9 Å². The Morgan fingerprint density at radius 1 is 0.522 bits per heavy atom. The van der Waals surface area contributed by atoms with Gasteiger partial charge >= 0.3 is 0 Å². The van der Waals surface area contributed by atoms with Crippen molar-refractivity contribution in [1.82, 2.24) is 0 Å². The predicted octanol–water partition coefficient (Wildman–Crippen LogP) is 7.02. The van der Waals surface area contributed by atoms with E-state index < -0.39 is 0 Å². The molecule has 0 saturated carbocycles. The normalized spacial score (nSPS) is 20.5. The van der Waals surface area contributed by atoms with Crippen LogP contribution in [0.2, 0.25) is 0 Å². The molecular formula is C20H16S3. The zero-order valence-corrected chi connectivity index (χ0v) is 14.9. The maximum absolute atomic E-state index is 2.26. The summed E-state index contributed by atoms with van der Waals surface area (Å²) in [6, 6.07) is 30.5. The summed E-state index contributed by atoms with van der Waals surface area (Å²) in [6.07, 6.45) is 0. The molecule has 0 aliphatic carbocycles. The van der Waals surface area contributed by atoms with Crippen LogP contribution in [0.25, 0.3) is 0 Å². The van der Waals surface area contributed by atoms with Gasteiger partial charge in [0.25, 0.3) is 0 Å². The molecule has 0 nitrogen and oxygen atoms in total. The summed E-state index contributed by atoms with van der Waals surface area (Å²) < 4.78 is 0. The average Bonchev–Trinajstić information content (AvgIpc) is 2.83. The quantitative estimate of drug-likeness (QED) is 0.455. The van der Waals surface area contributed by atoms with Crippen LogP contribution in [0.1, 0.15) is 21.6 Å². The Morgan fingerprint density at radius 2 is 1.04 bits per heavy atom. The molecule has 3 aromatic carbocycles. The summed E-state index contributed by atoms with van der Waals surface area (Å²) >= 11 is 1.99. The number of rotatable bonds is 2. The van der Waals surface area contributed by atoms with Crippen molar-refractivity contribution >= 4 is 33.3 Å². The van der Waals surface area contributed by atoms with Crippen molar-refractivity contribution in [2.75, 3.05) is 0 Å². The number of hydrogen-bond acceptors (Lipinski definition) is 3. The number of hydrogen-bond donors (Lipinski definition) is 0. The van der Waals surface area contributed by atoms with Crippen molar-refractivity contribution in [2.24, 2.45) is 0 Å². The van der Waals surface area contributed by atoms with E-state index in [2.05, 4.69) is 84.9 Å². The van der Waals surface area contributed by atoms with Crippen LogP contribution in [0.3, 0.4) is 0 Å². The third-order valence-electron chi connectivity index (χ3n) is 3.88. The minimum Gasteiger partial charge on any atom is -0.115 e. The molecule has 0 fully saturated rings. The van der Waals surface area contributed by atoms with Gasteiger partial charge in [0.05, 0.1) is 10.5 Å². The predicted molar refractivity (Wildman–Crippen MR) is 104 cm³/mol. The van der Waals surface area contributed by atoms with Gasteiger partial charge in [-0.1, -0.05) is 94.4 Å². The summed E-state index contributed by atoms with van der Waals surface area (Å²) in [5, 5.41) is 0.848. The molecule has 0 radical (unpaired) electrons. The smallest absolute Gasteiger partial charge is 0.0567 e. The van der Waals surface area contributed by atoms with Gasteiger partial charge in [-0.05, 0) is 23.3 Å². The average molecular weight is 353 g/mol. The van der Waals surface area contributed by atoms with E-state index >= 15 is 0 Å². The Morgan fingerprint density at radius 3 is 1.70 bits per heavy atom. The van der Waals surface area contributed by atoms with Gasteiger partial charge in [-0.15, -0.1) is 11.8 Å². The monoisotopic (exact) mass is 352 g/mol. The van der Waals surface area contributed by atoms with Gasteiger partial charge in [0.1, 0.15) is 0 Å². The van der Waals surface area contributed by atoms with Crippen molar-refractivity contribution in [3.63, 3.8) is 0 Å². The van der Waals surface area contributed by atoms with E-state index in [-0.39, 0.29) is 0 Å². The van der Waals surface area contributed by atoms with Crippen molar-refractivity contribution < 1.29 is 0 Å². The first-order valence-electron chi connectivity index (χ1n) is 7.61. The van der Waals surface area contributed by atoms with Crippen LogP contribution >= 0.6 is 33.3 Å². The molecular weight excluding hydrogens is 336 g/mol. The van der Waals surface area contributed by atoms with Crippen LogP contribution in [-0.2, 0) is 0 Å². The molecule has 0 unspecified atom stereocenters. The van der Waals surface area contributed by atoms with Gasteiger partial charge in [-0.2, -0.15) is 0 Å². The second-order valence-corrected chi connectivity index (χ2v) is 8.97. The SMILES string of the molecule is c1ccc([C@H]2SSc3ccccc3S[C@@H]2c2ccccc2)cc1. The Hall–Kier alpha value is -1.29. The zero-order chi connectivity index (χ0) is 15.5. The van der Waals surface area contributed by atoms with E-state index in [9.17, 15) is 0 Å². The molecule has 0 aromatic heterocycles. The summed E-state index contributed by atoms with van der Waals surface area (Å²) in [5.74, 6) is 0. The number of thioether (sulfide) groups is 1. The standard InChI is InChI=1S/C20H16S3/c1-3-9-15(10-4-1)19-20(16-11-5-2-6-12-16)23-22-18-14-8-7-13-17(18)21-19/h1-14,19-20H/t19-,20-/m1/s1. The number of benzene rings is 3. The van der Waals surface area contributed by atoms with Gasteiger partial charge in [-0.3, -0.25) is 0 Å². The lowest BCUT2D eigenvalue weighted by atomic mass is 10.0. The zero-order valence-electron chi connectivity index (χ0n) is 12.5. The molecule has 1 aliphatic rings. The van der Waals surface area contributed by atoms with Gasteiger partial charge in [-0.25, -0.2) is 0 Å². The molecule has 3 aromatic rings. The highest BCUT2D eigenvalue weighted by Crippen LogP contribution is 2.60. The first kappa shape index (κ1) is 15.3. The molecule has 0 N–H and O–H groups in total. The van der Waals surface area contributed by atoms with Crippen LogP contribution in [0.4, 0.5) is 0 Å². The molecule has 3 heteroatoms. The first-order valence-corrected chi connectivity index (χ1v) is 10.7. The molecule has 114 valence electrons. The molecule has 23 heavy (non-hydrogen) atoms. The molecule has 2 atom stereocenters. The Bertz CT molecular complexity index is 771. The summed E-state index contributed by atoms with van der Waals surface area (Å²) in [6.45, 7) is 0. The fourth-order valence-electron chi connectivity index (χ4n) is 2.73. The fourth-order valence-corrected chi connectivity index (χ4v) is 7.63. The lowest BCUT2D eigenvalue weighted by Gasteiger charge is -2.24. The van der Waals surface area contributed by atoms with Gasteiger partial charge < -0.3 is 0 Å². The minimum atomic E-state index is 0.416. The van der Waals surface area contributed by atoms with Gasteiger partial charge in [0.15, 0.2) is 0 Å². The Balaban J connectivity index is 1.78.